The quantitative estimate of drug-likeness (QED) is 0.842. The van der Waals surface area contributed by atoms with E-state index in [1.165, 1.54) is 12.8 Å². The van der Waals surface area contributed by atoms with Crippen LogP contribution < -0.4 is 5.32 Å². The number of hydrogen-bond acceptors (Lipinski definition) is 3. The van der Waals surface area contributed by atoms with E-state index in [0.717, 1.165) is 23.6 Å². The molecular weight excluding hydrogens is 208 g/mol. The van der Waals surface area contributed by atoms with Gasteiger partial charge in [0.15, 0.2) is 0 Å². The molecule has 1 saturated heterocycles. The lowest BCUT2D eigenvalue weighted by molar-refractivity contribution is 0.427. The van der Waals surface area contributed by atoms with Gasteiger partial charge >= 0.3 is 0 Å². The van der Waals surface area contributed by atoms with Gasteiger partial charge in [0.05, 0.1) is 10.8 Å². The van der Waals surface area contributed by atoms with Gasteiger partial charge in [0.1, 0.15) is 0 Å². The molecule has 0 bridgehead atoms. The van der Waals surface area contributed by atoms with Crippen molar-refractivity contribution in [3.8, 4) is 0 Å². The van der Waals surface area contributed by atoms with E-state index in [4.69, 9.17) is 0 Å². The van der Waals surface area contributed by atoms with Crippen LogP contribution >= 0.6 is 0 Å². The van der Waals surface area contributed by atoms with Crippen molar-refractivity contribution >= 4 is 10.8 Å². The Balaban J connectivity index is 1.91. The van der Waals surface area contributed by atoms with Crippen molar-refractivity contribution in [1.29, 1.82) is 0 Å². The Morgan fingerprint density at radius 1 is 1.40 bits per heavy atom. The summed E-state index contributed by atoms with van der Waals surface area (Å²) in [4.78, 5) is 4.81. The lowest BCUT2D eigenvalue weighted by Crippen LogP contribution is -2.38. The second-order valence-corrected chi connectivity index (χ2v) is 5.34. The Kier molecular flexibility index (Phi) is 3.86. The van der Waals surface area contributed by atoms with Gasteiger partial charge in [-0.2, -0.15) is 0 Å². The van der Waals surface area contributed by atoms with Crippen LogP contribution in [0.2, 0.25) is 0 Å². The van der Waals surface area contributed by atoms with Gasteiger partial charge in [-0.15, -0.1) is 0 Å². The summed E-state index contributed by atoms with van der Waals surface area (Å²) in [6.07, 6.45) is 7.05. The smallest absolute Gasteiger partial charge is 0.0546 e. The van der Waals surface area contributed by atoms with Crippen LogP contribution in [0.5, 0.6) is 0 Å². The molecular formula is C11H16N2OS. The topological polar surface area (TPSA) is 42.0 Å². The molecule has 0 aromatic carbocycles. The zero-order valence-corrected chi connectivity index (χ0v) is 9.50. The first-order valence-corrected chi connectivity index (χ1v) is 6.70. The summed E-state index contributed by atoms with van der Waals surface area (Å²) in [6, 6.07) is 4.09. The summed E-state index contributed by atoms with van der Waals surface area (Å²) >= 11 is 0. The second-order valence-electron chi connectivity index (χ2n) is 3.84. The van der Waals surface area contributed by atoms with E-state index in [1.807, 2.05) is 12.1 Å². The number of piperidine rings is 1. The fourth-order valence-corrected chi connectivity index (χ4v) is 3.10. The Labute approximate surface area is 92.8 Å². The lowest BCUT2D eigenvalue weighted by atomic mass is 10.1. The molecule has 0 saturated carbocycles. The first-order valence-electron chi connectivity index (χ1n) is 5.38. The third-order valence-corrected chi connectivity index (χ3v) is 4.18. The van der Waals surface area contributed by atoms with E-state index < -0.39 is 10.8 Å². The summed E-state index contributed by atoms with van der Waals surface area (Å²) < 4.78 is 12.0. The number of hydrogen-bond donors (Lipinski definition) is 1. The molecule has 1 N–H and O–H groups in total. The summed E-state index contributed by atoms with van der Waals surface area (Å²) in [5.74, 6) is 0.726. The maximum atomic E-state index is 12.0. The number of nitrogens with one attached hydrogen (secondary N) is 1. The molecule has 1 aromatic rings. The van der Waals surface area contributed by atoms with Gasteiger partial charge in [-0.3, -0.25) is 9.19 Å². The second kappa shape index (κ2) is 5.37. The number of pyridine rings is 1. The molecule has 0 aliphatic carbocycles. The standard InChI is InChI=1S/C11H16N2OS/c14-15(11-4-7-12-8-5-11)9-10-3-1-2-6-13-10/h4-5,7-8,10,13H,1-3,6,9H2/t10-,15-/m1/s1. The van der Waals surface area contributed by atoms with Crippen molar-refractivity contribution in [2.24, 2.45) is 0 Å². The summed E-state index contributed by atoms with van der Waals surface area (Å²) in [6.45, 7) is 1.07. The van der Waals surface area contributed by atoms with Crippen molar-refractivity contribution in [1.82, 2.24) is 10.3 Å². The minimum atomic E-state index is -0.883. The molecule has 2 rings (SSSR count). The molecule has 1 aliphatic heterocycles. The van der Waals surface area contributed by atoms with Crippen molar-refractivity contribution in [3.05, 3.63) is 24.5 Å². The molecule has 0 spiro atoms. The molecule has 0 unspecified atom stereocenters. The van der Waals surface area contributed by atoms with Crippen molar-refractivity contribution in [2.45, 2.75) is 30.2 Å². The Hall–Kier alpha value is -0.740. The van der Waals surface area contributed by atoms with Crippen LogP contribution in [0.25, 0.3) is 0 Å². The lowest BCUT2D eigenvalue weighted by Gasteiger charge is -2.22. The molecule has 82 valence electrons. The third kappa shape index (κ3) is 3.11. The van der Waals surface area contributed by atoms with E-state index in [-0.39, 0.29) is 0 Å². The molecule has 2 heterocycles. The molecule has 0 amide bonds. The zero-order valence-electron chi connectivity index (χ0n) is 8.69. The first kappa shape index (κ1) is 10.8. The van der Waals surface area contributed by atoms with Gasteiger partial charge in [-0.05, 0) is 31.5 Å². The highest BCUT2D eigenvalue weighted by Crippen LogP contribution is 2.11. The van der Waals surface area contributed by atoms with Crippen molar-refractivity contribution < 1.29 is 4.21 Å². The SMILES string of the molecule is O=[S@](C[C@H]1CCCCN1)c1ccncc1. The maximum absolute atomic E-state index is 12.0. The van der Waals surface area contributed by atoms with Gasteiger partial charge in [-0.25, -0.2) is 0 Å². The molecule has 4 heteroatoms. The van der Waals surface area contributed by atoms with Crippen LogP contribution in [-0.4, -0.2) is 27.5 Å². The fraction of sp³-hybridized carbons (Fsp3) is 0.545. The molecule has 1 aliphatic rings. The van der Waals surface area contributed by atoms with Crippen molar-refractivity contribution in [2.75, 3.05) is 12.3 Å². The van der Waals surface area contributed by atoms with Crippen LogP contribution in [0.15, 0.2) is 29.4 Å². The molecule has 1 aromatic heterocycles. The molecule has 0 radical (unpaired) electrons. The molecule has 1 fully saturated rings. The normalized spacial score (nSPS) is 23.6. The van der Waals surface area contributed by atoms with E-state index in [0.29, 0.717) is 6.04 Å². The predicted molar refractivity (Wildman–Crippen MR) is 61.2 cm³/mol. The monoisotopic (exact) mass is 224 g/mol. The fourth-order valence-electron chi connectivity index (χ4n) is 1.84. The number of rotatable bonds is 3. The molecule has 3 nitrogen and oxygen atoms in total. The van der Waals surface area contributed by atoms with E-state index in [9.17, 15) is 4.21 Å². The third-order valence-electron chi connectivity index (χ3n) is 2.68. The van der Waals surface area contributed by atoms with E-state index in [2.05, 4.69) is 10.3 Å². The van der Waals surface area contributed by atoms with Gasteiger partial charge in [-0.1, -0.05) is 6.42 Å². The van der Waals surface area contributed by atoms with Crippen LogP contribution in [-0.2, 0) is 10.8 Å². The van der Waals surface area contributed by atoms with Gasteiger partial charge in [0.25, 0.3) is 0 Å². The van der Waals surface area contributed by atoms with Crippen LogP contribution in [0, 0.1) is 0 Å². The zero-order chi connectivity index (χ0) is 10.5. The van der Waals surface area contributed by atoms with Gasteiger partial charge in [0.2, 0.25) is 0 Å². The summed E-state index contributed by atoms with van der Waals surface area (Å²) in [7, 11) is -0.883. The summed E-state index contributed by atoms with van der Waals surface area (Å²) in [5.41, 5.74) is 0. The Bertz CT molecular complexity index is 323. The minimum Gasteiger partial charge on any atom is -0.313 e. The van der Waals surface area contributed by atoms with Gasteiger partial charge in [0, 0.05) is 29.1 Å². The highest BCUT2D eigenvalue weighted by Gasteiger charge is 2.16. The molecule has 15 heavy (non-hydrogen) atoms. The number of aromatic nitrogens is 1. The highest BCUT2D eigenvalue weighted by molar-refractivity contribution is 7.85. The first-order chi connectivity index (χ1) is 7.36. The predicted octanol–water partition coefficient (Wildman–Crippen LogP) is 1.33. The Morgan fingerprint density at radius 2 is 2.20 bits per heavy atom. The van der Waals surface area contributed by atoms with Crippen LogP contribution in [0.1, 0.15) is 19.3 Å². The van der Waals surface area contributed by atoms with Crippen molar-refractivity contribution in [3.63, 3.8) is 0 Å². The summed E-state index contributed by atoms with van der Waals surface area (Å²) in [5, 5.41) is 3.41. The largest absolute Gasteiger partial charge is 0.313 e. The number of nitrogens with zero attached hydrogens (tertiary/aromatic N) is 1. The van der Waals surface area contributed by atoms with E-state index >= 15 is 0 Å². The average Bonchev–Trinajstić information content (AvgIpc) is 2.31. The van der Waals surface area contributed by atoms with Crippen LogP contribution in [0.3, 0.4) is 0 Å². The van der Waals surface area contributed by atoms with E-state index in [1.54, 1.807) is 12.4 Å². The highest BCUT2D eigenvalue weighted by atomic mass is 32.2. The average molecular weight is 224 g/mol. The minimum absolute atomic E-state index is 0.424. The van der Waals surface area contributed by atoms with Gasteiger partial charge < -0.3 is 5.32 Å². The maximum Gasteiger partial charge on any atom is 0.0546 e. The Morgan fingerprint density at radius 3 is 2.87 bits per heavy atom. The molecule has 2 atom stereocenters. The van der Waals surface area contributed by atoms with Crippen LogP contribution in [0.4, 0.5) is 0 Å².